The van der Waals surface area contributed by atoms with E-state index in [1.54, 1.807) is 41.5 Å². The topological polar surface area (TPSA) is 76.9 Å². The van der Waals surface area contributed by atoms with Crippen molar-refractivity contribution in [3.63, 3.8) is 0 Å². The number of halogens is 1. The van der Waals surface area contributed by atoms with Crippen molar-refractivity contribution in [1.29, 1.82) is 0 Å². The van der Waals surface area contributed by atoms with Gasteiger partial charge < -0.3 is 0 Å². The fraction of sp³-hybridized carbons (Fsp3) is 0.125. The predicted octanol–water partition coefficient (Wildman–Crippen LogP) is 2.19. The molecule has 0 unspecified atom stereocenters. The molecule has 0 aliphatic rings. The molecule has 0 bridgehead atoms. The summed E-state index contributed by atoms with van der Waals surface area (Å²) < 4.78 is 41.9. The van der Waals surface area contributed by atoms with Crippen LogP contribution in [0.3, 0.4) is 0 Å². The Bertz CT molecular complexity index is 939. The molecule has 6 nitrogen and oxygen atoms in total. The molecule has 1 aromatic carbocycles. The van der Waals surface area contributed by atoms with E-state index in [4.69, 9.17) is 0 Å². The molecule has 8 heteroatoms. The highest BCUT2D eigenvalue weighted by Crippen LogP contribution is 2.14. The number of benzene rings is 1. The molecule has 124 valence electrons. The summed E-state index contributed by atoms with van der Waals surface area (Å²) in [5.74, 6) is 0.202. The molecule has 24 heavy (non-hydrogen) atoms. The van der Waals surface area contributed by atoms with Crippen molar-refractivity contribution >= 4 is 10.0 Å². The molecule has 0 atom stereocenters. The van der Waals surface area contributed by atoms with Crippen molar-refractivity contribution in [2.45, 2.75) is 18.4 Å². The summed E-state index contributed by atoms with van der Waals surface area (Å²) in [4.78, 5) is 4.27. The van der Waals surface area contributed by atoms with Crippen molar-refractivity contribution in [2.24, 2.45) is 0 Å². The second-order valence-electron chi connectivity index (χ2n) is 5.21. The molecule has 2 heterocycles. The zero-order chi connectivity index (χ0) is 17.2. The highest BCUT2D eigenvalue weighted by Gasteiger charge is 2.15. The summed E-state index contributed by atoms with van der Waals surface area (Å²) >= 11 is 0. The van der Waals surface area contributed by atoms with Gasteiger partial charge in [0.1, 0.15) is 5.82 Å². The van der Waals surface area contributed by atoms with Crippen LogP contribution in [0.25, 0.3) is 5.82 Å². The van der Waals surface area contributed by atoms with Gasteiger partial charge in [-0.1, -0.05) is 6.07 Å². The Labute approximate surface area is 139 Å². The van der Waals surface area contributed by atoms with E-state index in [2.05, 4.69) is 14.8 Å². The molecule has 0 saturated heterocycles. The Morgan fingerprint density at radius 2 is 2.08 bits per heavy atom. The number of nitrogens with zero attached hydrogens (tertiary/aromatic N) is 3. The maximum absolute atomic E-state index is 13.3. The summed E-state index contributed by atoms with van der Waals surface area (Å²) in [5.41, 5.74) is 0.983. The minimum absolute atomic E-state index is 0.0301. The van der Waals surface area contributed by atoms with E-state index in [9.17, 15) is 12.8 Å². The number of aromatic nitrogens is 3. The highest BCUT2D eigenvalue weighted by molar-refractivity contribution is 7.89. The van der Waals surface area contributed by atoms with Crippen LogP contribution in [0, 0.1) is 12.7 Å². The summed E-state index contributed by atoms with van der Waals surface area (Å²) in [7, 11) is -3.71. The zero-order valence-electron chi connectivity index (χ0n) is 12.8. The summed E-state index contributed by atoms with van der Waals surface area (Å²) in [6, 6.07) is 8.99. The van der Waals surface area contributed by atoms with Crippen LogP contribution in [0.15, 0.2) is 59.9 Å². The number of sulfonamides is 1. The average Bonchev–Trinajstić information content (AvgIpc) is 3.10. The van der Waals surface area contributed by atoms with Crippen molar-refractivity contribution in [3.8, 4) is 5.82 Å². The lowest BCUT2D eigenvalue weighted by molar-refractivity contribution is 0.579. The molecule has 0 spiro atoms. The first-order valence-electron chi connectivity index (χ1n) is 7.16. The highest BCUT2D eigenvalue weighted by atomic mass is 32.2. The van der Waals surface area contributed by atoms with Crippen molar-refractivity contribution in [3.05, 3.63) is 71.9 Å². The first-order chi connectivity index (χ1) is 11.5. The van der Waals surface area contributed by atoms with Crippen LogP contribution in [0.5, 0.6) is 0 Å². The van der Waals surface area contributed by atoms with E-state index in [-0.39, 0.29) is 17.0 Å². The summed E-state index contributed by atoms with van der Waals surface area (Å²) in [6.07, 6.45) is 4.99. The molecule has 0 amide bonds. The molecule has 0 aliphatic carbocycles. The van der Waals surface area contributed by atoms with Crippen molar-refractivity contribution in [2.75, 3.05) is 0 Å². The monoisotopic (exact) mass is 346 g/mol. The average molecular weight is 346 g/mol. The summed E-state index contributed by atoms with van der Waals surface area (Å²) in [6.45, 7) is 1.61. The normalized spacial score (nSPS) is 11.6. The first-order valence-corrected chi connectivity index (χ1v) is 8.65. The first kappa shape index (κ1) is 16.3. The van der Waals surface area contributed by atoms with Gasteiger partial charge in [0.05, 0.1) is 4.90 Å². The van der Waals surface area contributed by atoms with Gasteiger partial charge in [-0.3, -0.25) is 0 Å². The Kier molecular flexibility index (Phi) is 4.41. The van der Waals surface area contributed by atoms with Gasteiger partial charge in [0.2, 0.25) is 10.0 Å². The lowest BCUT2D eigenvalue weighted by atomic mass is 10.2. The molecule has 3 aromatic rings. The van der Waals surface area contributed by atoms with E-state index < -0.39 is 15.8 Å². The fourth-order valence-electron chi connectivity index (χ4n) is 2.11. The molecule has 0 radical (unpaired) electrons. The van der Waals surface area contributed by atoms with Crippen LogP contribution in [0.1, 0.15) is 11.1 Å². The second-order valence-corrected chi connectivity index (χ2v) is 6.98. The lowest BCUT2D eigenvalue weighted by Crippen LogP contribution is -2.23. The standard InChI is InChI=1S/C16H15FN4O2S/c1-12-9-14(4-5-15(12)17)24(22,23)20-11-13-3-6-16(18-10-13)21-8-2-7-19-21/h2-10,20H,11H2,1H3. The zero-order valence-corrected chi connectivity index (χ0v) is 13.7. The number of hydrogen-bond donors (Lipinski definition) is 1. The Hall–Kier alpha value is -2.58. The number of rotatable bonds is 5. The Morgan fingerprint density at radius 3 is 2.71 bits per heavy atom. The molecule has 3 rings (SSSR count). The maximum Gasteiger partial charge on any atom is 0.240 e. The van der Waals surface area contributed by atoms with Gasteiger partial charge in [-0.2, -0.15) is 5.10 Å². The summed E-state index contributed by atoms with van der Waals surface area (Å²) in [5, 5.41) is 4.07. The number of nitrogens with one attached hydrogen (secondary N) is 1. The van der Waals surface area contributed by atoms with Gasteiger partial charge in [0, 0.05) is 25.1 Å². The third kappa shape index (κ3) is 3.50. The number of hydrogen-bond acceptors (Lipinski definition) is 4. The third-order valence-corrected chi connectivity index (χ3v) is 4.85. The van der Waals surface area contributed by atoms with Gasteiger partial charge in [0.25, 0.3) is 0 Å². The van der Waals surface area contributed by atoms with Crippen molar-refractivity contribution in [1.82, 2.24) is 19.5 Å². The van der Waals surface area contributed by atoms with Crippen LogP contribution < -0.4 is 4.72 Å². The lowest BCUT2D eigenvalue weighted by Gasteiger charge is -2.08. The molecule has 2 aromatic heterocycles. The second kappa shape index (κ2) is 6.50. The van der Waals surface area contributed by atoms with Gasteiger partial charge in [-0.05, 0) is 48.4 Å². The number of aryl methyl sites for hydroxylation is 1. The smallest absolute Gasteiger partial charge is 0.237 e. The third-order valence-electron chi connectivity index (χ3n) is 3.45. The molecule has 0 fully saturated rings. The predicted molar refractivity (Wildman–Crippen MR) is 86.5 cm³/mol. The minimum atomic E-state index is -3.71. The molecule has 1 N–H and O–H groups in total. The largest absolute Gasteiger partial charge is 0.240 e. The molecular weight excluding hydrogens is 331 g/mol. The van der Waals surface area contributed by atoms with E-state index in [0.29, 0.717) is 11.4 Å². The SMILES string of the molecule is Cc1cc(S(=O)(=O)NCc2ccc(-n3cccn3)nc2)ccc1F. The van der Waals surface area contributed by atoms with E-state index >= 15 is 0 Å². The Morgan fingerprint density at radius 1 is 1.25 bits per heavy atom. The van der Waals surface area contributed by atoms with Crippen LogP contribution in [0.2, 0.25) is 0 Å². The number of pyridine rings is 1. The van der Waals surface area contributed by atoms with Gasteiger partial charge in [-0.15, -0.1) is 0 Å². The van der Waals surface area contributed by atoms with Crippen LogP contribution >= 0.6 is 0 Å². The van der Waals surface area contributed by atoms with Crippen LogP contribution in [-0.4, -0.2) is 23.2 Å². The maximum atomic E-state index is 13.3. The minimum Gasteiger partial charge on any atom is -0.237 e. The van der Waals surface area contributed by atoms with Gasteiger partial charge in [0.15, 0.2) is 5.82 Å². The van der Waals surface area contributed by atoms with E-state index in [1.165, 1.54) is 19.1 Å². The van der Waals surface area contributed by atoms with Crippen LogP contribution in [-0.2, 0) is 16.6 Å². The quantitative estimate of drug-likeness (QED) is 0.768. The molecular formula is C16H15FN4O2S. The molecule has 0 saturated carbocycles. The molecule has 0 aliphatic heterocycles. The fourth-order valence-corrected chi connectivity index (χ4v) is 3.21. The Balaban J connectivity index is 1.71. The van der Waals surface area contributed by atoms with Crippen LogP contribution in [0.4, 0.5) is 4.39 Å². The van der Waals surface area contributed by atoms with Gasteiger partial charge in [-0.25, -0.2) is 27.2 Å². The van der Waals surface area contributed by atoms with E-state index in [1.807, 2.05) is 0 Å². The van der Waals surface area contributed by atoms with E-state index in [0.717, 1.165) is 6.07 Å². The van der Waals surface area contributed by atoms with Crippen molar-refractivity contribution < 1.29 is 12.8 Å². The van der Waals surface area contributed by atoms with Gasteiger partial charge >= 0.3 is 0 Å².